The highest BCUT2D eigenvalue weighted by Gasteiger charge is 2.35. The molecule has 0 spiro atoms. The Labute approximate surface area is 113 Å². The quantitative estimate of drug-likeness (QED) is 0.376. The molecule has 0 aromatic heterocycles. The zero-order chi connectivity index (χ0) is 14.6. The third-order valence-corrected chi connectivity index (χ3v) is 3.13. The molecule has 1 aromatic rings. The van der Waals surface area contributed by atoms with Crippen molar-refractivity contribution >= 4 is 11.7 Å². The van der Waals surface area contributed by atoms with Crippen molar-refractivity contribution in [2.45, 2.75) is 27.3 Å². The smallest absolute Gasteiger partial charge is 0.235 e. The van der Waals surface area contributed by atoms with E-state index in [1.807, 2.05) is 31.2 Å². The zero-order valence-electron chi connectivity index (χ0n) is 11.8. The molecule has 104 valence electrons. The van der Waals surface area contributed by atoms with Crippen molar-refractivity contribution in [1.82, 2.24) is 4.90 Å². The van der Waals surface area contributed by atoms with Crippen molar-refractivity contribution in [3.63, 3.8) is 0 Å². The molecule has 1 amide bonds. The van der Waals surface area contributed by atoms with E-state index in [4.69, 9.17) is 10.9 Å². The van der Waals surface area contributed by atoms with Crippen molar-refractivity contribution in [2.75, 3.05) is 7.05 Å². The molecule has 0 saturated carbocycles. The molecule has 0 fully saturated rings. The lowest BCUT2D eigenvalue weighted by Crippen LogP contribution is -2.46. The summed E-state index contributed by atoms with van der Waals surface area (Å²) in [5, 5.41) is 11.7. The number of nitrogens with zero attached hydrogens (tertiary/aromatic N) is 2. The second-order valence-corrected chi connectivity index (χ2v) is 5.26. The molecule has 0 saturated heterocycles. The van der Waals surface area contributed by atoms with Gasteiger partial charge in [-0.25, -0.2) is 0 Å². The Balaban J connectivity index is 2.84. The van der Waals surface area contributed by atoms with E-state index in [-0.39, 0.29) is 11.7 Å². The second-order valence-electron chi connectivity index (χ2n) is 5.26. The van der Waals surface area contributed by atoms with E-state index in [1.165, 1.54) is 0 Å². The van der Waals surface area contributed by atoms with E-state index in [0.29, 0.717) is 6.54 Å². The number of amides is 1. The van der Waals surface area contributed by atoms with Gasteiger partial charge in [0.15, 0.2) is 5.84 Å². The molecule has 19 heavy (non-hydrogen) atoms. The average Bonchev–Trinajstić information content (AvgIpc) is 2.36. The number of amidine groups is 1. The largest absolute Gasteiger partial charge is 0.409 e. The first kappa shape index (κ1) is 15.0. The number of hydrogen-bond acceptors (Lipinski definition) is 3. The van der Waals surface area contributed by atoms with Crippen LogP contribution in [0.3, 0.4) is 0 Å². The number of rotatable bonds is 4. The molecule has 5 nitrogen and oxygen atoms in total. The van der Waals surface area contributed by atoms with Gasteiger partial charge in [-0.3, -0.25) is 4.79 Å². The van der Waals surface area contributed by atoms with Crippen LogP contribution in [0.4, 0.5) is 0 Å². The monoisotopic (exact) mass is 263 g/mol. The predicted molar refractivity (Wildman–Crippen MR) is 74.8 cm³/mol. The number of oxime groups is 1. The first-order valence-corrected chi connectivity index (χ1v) is 6.08. The molecule has 0 heterocycles. The highest BCUT2D eigenvalue weighted by molar-refractivity contribution is 6.05. The molecule has 1 rings (SSSR count). The molecule has 0 aliphatic carbocycles. The average molecular weight is 263 g/mol. The molecule has 0 radical (unpaired) electrons. The van der Waals surface area contributed by atoms with Crippen molar-refractivity contribution in [2.24, 2.45) is 16.3 Å². The number of carbonyl (C=O) groups is 1. The number of nitrogens with two attached hydrogens (primary N) is 1. The first-order chi connectivity index (χ1) is 8.78. The van der Waals surface area contributed by atoms with Gasteiger partial charge in [0.05, 0.1) is 0 Å². The number of hydrogen-bond donors (Lipinski definition) is 2. The van der Waals surface area contributed by atoms with E-state index < -0.39 is 5.41 Å². The van der Waals surface area contributed by atoms with Crippen LogP contribution in [0.15, 0.2) is 29.4 Å². The van der Waals surface area contributed by atoms with Gasteiger partial charge in [-0.2, -0.15) is 0 Å². The first-order valence-electron chi connectivity index (χ1n) is 6.08. The molecular weight excluding hydrogens is 242 g/mol. The maximum absolute atomic E-state index is 12.3. The Morgan fingerprint density at radius 1 is 1.47 bits per heavy atom. The SMILES string of the molecule is Cc1cccc(CN(C)C(=O)C(C)(C)C(N)=NO)c1. The summed E-state index contributed by atoms with van der Waals surface area (Å²) < 4.78 is 0. The summed E-state index contributed by atoms with van der Waals surface area (Å²) in [6.45, 7) is 5.77. The molecule has 3 N–H and O–H groups in total. The minimum Gasteiger partial charge on any atom is -0.409 e. The fraction of sp³-hybridized carbons (Fsp3) is 0.429. The zero-order valence-corrected chi connectivity index (χ0v) is 11.8. The third-order valence-electron chi connectivity index (χ3n) is 3.13. The van der Waals surface area contributed by atoms with Crippen molar-refractivity contribution < 1.29 is 10.0 Å². The standard InChI is InChI=1S/C14H21N3O2/c1-10-6-5-7-11(8-10)9-17(4)13(18)14(2,3)12(15)16-19/h5-8,19H,9H2,1-4H3,(H2,15,16). The molecular formula is C14H21N3O2. The molecule has 1 aromatic carbocycles. The fourth-order valence-electron chi connectivity index (χ4n) is 1.87. The van der Waals surface area contributed by atoms with Crippen LogP contribution >= 0.6 is 0 Å². The number of carbonyl (C=O) groups excluding carboxylic acids is 1. The molecule has 0 unspecified atom stereocenters. The van der Waals surface area contributed by atoms with Gasteiger partial charge >= 0.3 is 0 Å². The van der Waals surface area contributed by atoms with Gasteiger partial charge in [-0.05, 0) is 26.3 Å². The molecule has 0 aliphatic rings. The van der Waals surface area contributed by atoms with Crippen LogP contribution in [0.1, 0.15) is 25.0 Å². The Morgan fingerprint density at radius 3 is 2.63 bits per heavy atom. The molecule has 0 aliphatic heterocycles. The summed E-state index contributed by atoms with van der Waals surface area (Å²) in [4.78, 5) is 13.9. The van der Waals surface area contributed by atoms with Crippen molar-refractivity contribution in [3.05, 3.63) is 35.4 Å². The van der Waals surface area contributed by atoms with Gasteiger partial charge in [0, 0.05) is 13.6 Å². The van der Waals surface area contributed by atoms with Gasteiger partial charge < -0.3 is 15.8 Å². The second kappa shape index (κ2) is 5.73. The summed E-state index contributed by atoms with van der Waals surface area (Å²) >= 11 is 0. The summed E-state index contributed by atoms with van der Waals surface area (Å²) in [5.41, 5.74) is 6.73. The van der Waals surface area contributed by atoms with E-state index in [0.717, 1.165) is 11.1 Å². The Morgan fingerprint density at radius 2 is 2.11 bits per heavy atom. The van der Waals surface area contributed by atoms with Crippen LogP contribution in [0.25, 0.3) is 0 Å². The summed E-state index contributed by atoms with van der Waals surface area (Å²) in [7, 11) is 1.71. The van der Waals surface area contributed by atoms with E-state index >= 15 is 0 Å². The minimum absolute atomic E-state index is 0.0893. The van der Waals surface area contributed by atoms with Gasteiger partial charge in [-0.1, -0.05) is 35.0 Å². The van der Waals surface area contributed by atoms with Crippen LogP contribution in [-0.2, 0) is 11.3 Å². The molecule has 5 heteroatoms. The maximum Gasteiger partial charge on any atom is 0.235 e. The van der Waals surface area contributed by atoms with Gasteiger partial charge in [0.25, 0.3) is 0 Å². The molecule has 0 bridgehead atoms. The van der Waals surface area contributed by atoms with Gasteiger partial charge in [-0.15, -0.1) is 0 Å². The highest BCUT2D eigenvalue weighted by atomic mass is 16.4. The molecule has 0 atom stereocenters. The van der Waals surface area contributed by atoms with Gasteiger partial charge in [0.1, 0.15) is 5.41 Å². The van der Waals surface area contributed by atoms with Crippen molar-refractivity contribution in [3.8, 4) is 0 Å². The van der Waals surface area contributed by atoms with E-state index in [2.05, 4.69) is 5.16 Å². The lowest BCUT2D eigenvalue weighted by atomic mass is 9.90. The number of aryl methyl sites for hydroxylation is 1. The normalized spacial score (nSPS) is 12.3. The maximum atomic E-state index is 12.3. The predicted octanol–water partition coefficient (Wildman–Crippen LogP) is 1.73. The Bertz CT molecular complexity index is 495. The van der Waals surface area contributed by atoms with Crippen LogP contribution < -0.4 is 5.73 Å². The minimum atomic E-state index is -1.02. The lowest BCUT2D eigenvalue weighted by molar-refractivity contribution is -0.136. The number of benzene rings is 1. The lowest BCUT2D eigenvalue weighted by Gasteiger charge is -2.28. The van der Waals surface area contributed by atoms with Crippen LogP contribution in [0, 0.1) is 12.3 Å². The topological polar surface area (TPSA) is 78.9 Å². The highest BCUT2D eigenvalue weighted by Crippen LogP contribution is 2.20. The Kier molecular flexibility index (Phi) is 4.53. The summed E-state index contributed by atoms with van der Waals surface area (Å²) in [6.07, 6.45) is 0. The van der Waals surface area contributed by atoms with Gasteiger partial charge in [0.2, 0.25) is 5.91 Å². The van der Waals surface area contributed by atoms with Crippen LogP contribution in [0.5, 0.6) is 0 Å². The Hall–Kier alpha value is -2.04. The third kappa shape index (κ3) is 3.47. The fourth-order valence-corrected chi connectivity index (χ4v) is 1.87. The van der Waals surface area contributed by atoms with Crippen molar-refractivity contribution in [1.29, 1.82) is 0 Å². The van der Waals surface area contributed by atoms with Crippen LogP contribution in [0.2, 0.25) is 0 Å². The van der Waals surface area contributed by atoms with Crippen LogP contribution in [-0.4, -0.2) is 28.9 Å². The summed E-state index contributed by atoms with van der Waals surface area (Å²) in [6, 6.07) is 7.96. The van der Waals surface area contributed by atoms with E-state index in [1.54, 1.807) is 25.8 Å². The summed E-state index contributed by atoms with van der Waals surface area (Å²) in [5.74, 6) is -0.280. The van der Waals surface area contributed by atoms with E-state index in [9.17, 15) is 4.79 Å².